The molecule has 0 bridgehead atoms. The fraction of sp³-hybridized carbons (Fsp3) is 1.00. The molecule has 2 saturated heterocycles. The van der Waals surface area contributed by atoms with Crippen LogP contribution in [0.5, 0.6) is 0 Å². The van der Waals surface area contributed by atoms with Gasteiger partial charge in [0.2, 0.25) is 0 Å². The van der Waals surface area contributed by atoms with Crippen molar-refractivity contribution >= 4 is 0 Å². The Kier molecular flexibility index (Phi) is 6.50. The maximum Gasteiger partial charge on any atom is 0.187 e. The summed E-state index contributed by atoms with van der Waals surface area (Å²) in [5.41, 5.74) is 0. The Hall–Kier alpha value is -0.360. The van der Waals surface area contributed by atoms with Crippen LogP contribution in [0.25, 0.3) is 0 Å². The number of aliphatic hydroxyl groups is 5. The Balaban J connectivity index is 2.04. The minimum absolute atomic E-state index is 0.243. The molecule has 5 N–H and O–H groups in total. The van der Waals surface area contributed by atoms with Gasteiger partial charge < -0.3 is 44.5 Å². The third-order valence-electron chi connectivity index (χ3n) is 4.08. The molecular weight excluding hydrogens is 300 g/mol. The van der Waals surface area contributed by atoms with E-state index in [0.29, 0.717) is 13.0 Å². The third-order valence-corrected chi connectivity index (χ3v) is 4.08. The van der Waals surface area contributed by atoms with E-state index in [4.69, 9.17) is 24.1 Å². The van der Waals surface area contributed by atoms with E-state index in [-0.39, 0.29) is 6.61 Å². The number of hydrogen-bond acceptors (Lipinski definition) is 9. The topological polar surface area (TPSA) is 138 Å². The van der Waals surface area contributed by atoms with Gasteiger partial charge in [-0.3, -0.25) is 0 Å². The second kappa shape index (κ2) is 7.95. The van der Waals surface area contributed by atoms with Gasteiger partial charge in [-0.05, 0) is 6.42 Å². The van der Waals surface area contributed by atoms with Crippen LogP contribution in [0.2, 0.25) is 0 Å². The molecule has 2 aliphatic rings. The monoisotopic (exact) mass is 324 g/mol. The van der Waals surface area contributed by atoms with Crippen molar-refractivity contribution in [2.75, 3.05) is 26.9 Å². The number of hydrogen-bond donors (Lipinski definition) is 5. The van der Waals surface area contributed by atoms with Gasteiger partial charge in [-0.2, -0.15) is 0 Å². The van der Waals surface area contributed by atoms with Crippen molar-refractivity contribution in [3.05, 3.63) is 0 Å². The van der Waals surface area contributed by atoms with E-state index < -0.39 is 55.6 Å². The van der Waals surface area contributed by atoms with Crippen LogP contribution in [0.3, 0.4) is 0 Å². The first-order valence-corrected chi connectivity index (χ1v) is 7.24. The second-order valence-corrected chi connectivity index (χ2v) is 5.45. The number of aliphatic hydroxyl groups excluding tert-OH is 5. The van der Waals surface area contributed by atoms with Gasteiger partial charge in [0, 0.05) is 13.7 Å². The fourth-order valence-electron chi connectivity index (χ4n) is 2.79. The normalized spacial score (nSPS) is 46.6. The molecule has 9 heteroatoms. The summed E-state index contributed by atoms with van der Waals surface area (Å²) in [6.07, 6.45) is -7.86. The van der Waals surface area contributed by atoms with Crippen molar-refractivity contribution in [1.29, 1.82) is 0 Å². The van der Waals surface area contributed by atoms with Crippen LogP contribution >= 0.6 is 0 Å². The van der Waals surface area contributed by atoms with Crippen LogP contribution in [0.1, 0.15) is 6.42 Å². The Labute approximate surface area is 128 Å². The van der Waals surface area contributed by atoms with Crippen molar-refractivity contribution < 1.29 is 44.5 Å². The Morgan fingerprint density at radius 2 is 1.68 bits per heavy atom. The largest absolute Gasteiger partial charge is 0.394 e. The van der Waals surface area contributed by atoms with Crippen LogP contribution in [0, 0.1) is 0 Å². The summed E-state index contributed by atoms with van der Waals surface area (Å²) in [5.74, 6) is 0. The van der Waals surface area contributed by atoms with Crippen LogP contribution in [0.15, 0.2) is 0 Å². The molecule has 130 valence electrons. The van der Waals surface area contributed by atoms with Crippen LogP contribution in [-0.2, 0) is 18.9 Å². The summed E-state index contributed by atoms with van der Waals surface area (Å²) in [4.78, 5) is 0. The van der Waals surface area contributed by atoms with Gasteiger partial charge in [0.1, 0.15) is 36.6 Å². The average molecular weight is 324 g/mol. The van der Waals surface area contributed by atoms with Gasteiger partial charge in [0.25, 0.3) is 0 Å². The Morgan fingerprint density at radius 3 is 2.27 bits per heavy atom. The maximum absolute atomic E-state index is 9.97. The summed E-state index contributed by atoms with van der Waals surface area (Å²) in [5, 5.41) is 47.9. The molecule has 0 amide bonds. The first-order valence-electron chi connectivity index (χ1n) is 7.24. The zero-order valence-corrected chi connectivity index (χ0v) is 12.3. The van der Waals surface area contributed by atoms with E-state index in [9.17, 15) is 20.4 Å². The number of ether oxygens (including phenoxy) is 4. The molecular formula is C13H24O9. The molecule has 0 aliphatic carbocycles. The van der Waals surface area contributed by atoms with Crippen molar-refractivity contribution in [2.24, 2.45) is 0 Å². The van der Waals surface area contributed by atoms with Crippen molar-refractivity contribution in [3.8, 4) is 0 Å². The zero-order valence-electron chi connectivity index (χ0n) is 12.3. The maximum atomic E-state index is 9.97. The van der Waals surface area contributed by atoms with E-state index in [1.54, 1.807) is 0 Å². The molecule has 0 unspecified atom stereocenters. The van der Waals surface area contributed by atoms with Gasteiger partial charge in [-0.25, -0.2) is 0 Å². The fourth-order valence-corrected chi connectivity index (χ4v) is 2.79. The molecule has 9 nitrogen and oxygen atoms in total. The summed E-state index contributed by atoms with van der Waals surface area (Å²) in [6, 6.07) is 0. The van der Waals surface area contributed by atoms with Crippen molar-refractivity contribution in [1.82, 2.24) is 0 Å². The molecule has 0 radical (unpaired) electrons. The van der Waals surface area contributed by atoms with Crippen molar-refractivity contribution in [3.63, 3.8) is 0 Å². The molecule has 0 saturated carbocycles. The quantitative estimate of drug-likeness (QED) is 0.357. The summed E-state index contributed by atoms with van der Waals surface area (Å²) < 4.78 is 21.6. The molecule has 0 aromatic carbocycles. The molecule has 0 aromatic heterocycles. The molecule has 8 atom stereocenters. The lowest BCUT2D eigenvalue weighted by atomic mass is 9.98. The van der Waals surface area contributed by atoms with E-state index in [1.165, 1.54) is 7.11 Å². The van der Waals surface area contributed by atoms with E-state index >= 15 is 0 Å². The minimum Gasteiger partial charge on any atom is -0.394 e. The highest BCUT2D eigenvalue weighted by Crippen LogP contribution is 2.27. The molecule has 0 spiro atoms. The van der Waals surface area contributed by atoms with Crippen molar-refractivity contribution in [2.45, 2.75) is 55.4 Å². The predicted octanol–water partition coefficient (Wildman–Crippen LogP) is -3.03. The Bertz CT molecular complexity index is 339. The van der Waals surface area contributed by atoms with E-state index in [0.717, 1.165) is 0 Å². The highest BCUT2D eigenvalue weighted by atomic mass is 16.7. The highest BCUT2D eigenvalue weighted by molar-refractivity contribution is 4.91. The van der Waals surface area contributed by atoms with Crippen LogP contribution in [0.4, 0.5) is 0 Å². The minimum atomic E-state index is -1.50. The molecule has 22 heavy (non-hydrogen) atoms. The molecule has 2 aliphatic heterocycles. The smallest absolute Gasteiger partial charge is 0.187 e. The zero-order chi connectivity index (χ0) is 16.3. The lowest BCUT2D eigenvalue weighted by Gasteiger charge is -2.43. The first kappa shape index (κ1) is 18.0. The van der Waals surface area contributed by atoms with E-state index in [1.807, 2.05) is 0 Å². The number of rotatable bonds is 5. The molecule has 2 fully saturated rings. The summed E-state index contributed by atoms with van der Waals surface area (Å²) in [7, 11) is 1.45. The second-order valence-electron chi connectivity index (χ2n) is 5.45. The standard InChI is InChI=1S/C13H24O9/c1-19-12-6(2-3-20-8(12)5-15)21-13-11(18)10(17)9(16)7(4-14)22-13/h6-18H,2-5H2,1H3/t6-,7-,8-,9-,10+,11-,12+,13+/m1/s1. The van der Waals surface area contributed by atoms with E-state index in [2.05, 4.69) is 0 Å². The first-order chi connectivity index (χ1) is 10.5. The van der Waals surface area contributed by atoms with Gasteiger partial charge in [0.15, 0.2) is 6.29 Å². The SMILES string of the molecule is CO[C@@H]1[C@@H](CO)OCC[C@H]1O[C@H]1O[C@H](CO)[C@@H](O)[C@H](O)[C@H]1O. The predicted molar refractivity (Wildman–Crippen MR) is 70.9 cm³/mol. The summed E-state index contributed by atoms with van der Waals surface area (Å²) in [6.45, 7) is -0.425. The summed E-state index contributed by atoms with van der Waals surface area (Å²) >= 11 is 0. The molecule has 2 rings (SSSR count). The molecule has 2 heterocycles. The lowest BCUT2D eigenvalue weighted by Crippen LogP contribution is -2.61. The lowest BCUT2D eigenvalue weighted by molar-refractivity contribution is -0.326. The van der Waals surface area contributed by atoms with Gasteiger partial charge in [0.05, 0.1) is 19.3 Å². The third kappa shape index (κ3) is 3.58. The number of methoxy groups -OCH3 is 1. The van der Waals surface area contributed by atoms with Crippen LogP contribution < -0.4 is 0 Å². The van der Waals surface area contributed by atoms with Gasteiger partial charge >= 0.3 is 0 Å². The molecule has 0 aromatic rings. The Morgan fingerprint density at radius 1 is 1.00 bits per heavy atom. The average Bonchev–Trinajstić information content (AvgIpc) is 2.54. The van der Waals surface area contributed by atoms with Crippen LogP contribution in [-0.4, -0.2) is 101 Å². The highest BCUT2D eigenvalue weighted by Gasteiger charge is 2.46. The van der Waals surface area contributed by atoms with Gasteiger partial charge in [-0.15, -0.1) is 0 Å². The van der Waals surface area contributed by atoms with Gasteiger partial charge in [-0.1, -0.05) is 0 Å².